The molecule has 5 rings (SSSR count). The van der Waals surface area contributed by atoms with Crippen molar-refractivity contribution in [2.24, 2.45) is 5.73 Å². The fourth-order valence-electron chi connectivity index (χ4n) is 4.32. The molecule has 2 aromatic carbocycles. The number of urea groups is 1. The highest BCUT2D eigenvalue weighted by Gasteiger charge is 2.24. The van der Waals surface area contributed by atoms with Gasteiger partial charge in [-0.1, -0.05) is 24.3 Å². The Balaban J connectivity index is 1.24. The summed E-state index contributed by atoms with van der Waals surface area (Å²) in [4.78, 5) is 30.1. The van der Waals surface area contributed by atoms with E-state index in [-0.39, 0.29) is 5.91 Å². The summed E-state index contributed by atoms with van der Waals surface area (Å²) in [5.41, 5.74) is 10.4. The molecule has 2 aliphatic rings. The molecular weight excluding hydrogens is 404 g/mol. The van der Waals surface area contributed by atoms with Crippen LogP contribution in [-0.2, 0) is 13.1 Å². The van der Waals surface area contributed by atoms with Crippen molar-refractivity contribution in [1.82, 2.24) is 20.0 Å². The molecule has 3 amide bonds. The highest BCUT2D eigenvalue weighted by Crippen LogP contribution is 2.29. The lowest BCUT2D eigenvalue weighted by molar-refractivity contribution is 0.0746. The van der Waals surface area contributed by atoms with Crippen molar-refractivity contribution in [3.05, 3.63) is 77.5 Å². The summed E-state index contributed by atoms with van der Waals surface area (Å²) in [7, 11) is 0. The smallest absolute Gasteiger partial charge is 0.315 e. The van der Waals surface area contributed by atoms with Crippen LogP contribution in [0, 0.1) is 0 Å². The van der Waals surface area contributed by atoms with Crippen molar-refractivity contribution in [3.63, 3.8) is 0 Å². The molecule has 0 atom stereocenters. The van der Waals surface area contributed by atoms with E-state index in [1.807, 2.05) is 53.4 Å². The minimum absolute atomic E-state index is 0.0430. The molecule has 1 fully saturated rings. The van der Waals surface area contributed by atoms with Crippen LogP contribution in [0.5, 0.6) is 0 Å². The molecule has 0 spiro atoms. The second-order valence-electron chi connectivity index (χ2n) is 8.12. The van der Waals surface area contributed by atoms with Crippen LogP contribution in [0.1, 0.15) is 21.5 Å². The first-order valence-corrected chi connectivity index (χ1v) is 10.7. The van der Waals surface area contributed by atoms with Gasteiger partial charge in [0.25, 0.3) is 5.91 Å². The van der Waals surface area contributed by atoms with Gasteiger partial charge in [-0.25, -0.2) is 4.79 Å². The molecule has 0 bridgehead atoms. The molecule has 32 heavy (non-hydrogen) atoms. The highest BCUT2D eigenvalue weighted by atomic mass is 16.2. The third kappa shape index (κ3) is 3.87. The number of hydrogen-bond donors (Lipinski definition) is 1. The second-order valence-corrected chi connectivity index (χ2v) is 8.12. The summed E-state index contributed by atoms with van der Waals surface area (Å²) in [5, 5.41) is 8.08. The number of nitrogens with zero attached hydrogens (tertiary/aromatic N) is 5. The molecule has 3 heterocycles. The van der Waals surface area contributed by atoms with Crippen LogP contribution in [0.15, 0.2) is 60.8 Å². The molecule has 2 N–H and O–H groups in total. The quantitative estimate of drug-likeness (QED) is 0.692. The third-order valence-corrected chi connectivity index (χ3v) is 6.15. The number of nitrogens with two attached hydrogens (primary N) is 1. The summed E-state index contributed by atoms with van der Waals surface area (Å²) in [6.07, 6.45) is 1.66. The molecule has 8 nitrogen and oxygen atoms in total. The molecule has 0 unspecified atom stereocenters. The van der Waals surface area contributed by atoms with Crippen LogP contribution >= 0.6 is 0 Å². The van der Waals surface area contributed by atoms with Crippen LogP contribution < -0.4 is 10.6 Å². The van der Waals surface area contributed by atoms with Crippen LogP contribution in [0.25, 0.3) is 11.1 Å². The number of anilines is 1. The second kappa shape index (κ2) is 8.30. The van der Waals surface area contributed by atoms with Gasteiger partial charge in [-0.15, -0.1) is 5.10 Å². The first-order chi connectivity index (χ1) is 15.6. The van der Waals surface area contributed by atoms with Gasteiger partial charge < -0.3 is 20.4 Å². The number of carbonyl (C=O) groups is 2. The zero-order chi connectivity index (χ0) is 22.1. The molecule has 0 aliphatic carbocycles. The van der Waals surface area contributed by atoms with Gasteiger partial charge in [0.15, 0.2) is 5.82 Å². The average molecular weight is 428 g/mol. The lowest BCUT2D eigenvalue weighted by Gasteiger charge is -2.35. The zero-order valence-corrected chi connectivity index (χ0v) is 17.6. The highest BCUT2D eigenvalue weighted by molar-refractivity contribution is 5.95. The van der Waals surface area contributed by atoms with Crippen molar-refractivity contribution >= 4 is 17.8 Å². The lowest BCUT2D eigenvalue weighted by atomic mass is 9.99. The van der Waals surface area contributed by atoms with Gasteiger partial charge in [0.2, 0.25) is 0 Å². The Bertz CT molecular complexity index is 1140. The van der Waals surface area contributed by atoms with Crippen LogP contribution in [-0.4, -0.2) is 58.1 Å². The Hall–Kier alpha value is -3.94. The minimum atomic E-state index is -0.400. The maximum Gasteiger partial charge on any atom is 0.315 e. The molecule has 1 aromatic heterocycles. The molecule has 0 radical (unpaired) electrons. The van der Waals surface area contributed by atoms with Crippen molar-refractivity contribution in [1.29, 1.82) is 0 Å². The zero-order valence-electron chi connectivity index (χ0n) is 17.6. The van der Waals surface area contributed by atoms with E-state index in [9.17, 15) is 9.59 Å². The minimum Gasteiger partial charge on any atom is -0.352 e. The van der Waals surface area contributed by atoms with Gasteiger partial charge in [0.1, 0.15) is 0 Å². The number of piperazine rings is 1. The summed E-state index contributed by atoms with van der Waals surface area (Å²) >= 11 is 0. The van der Waals surface area contributed by atoms with Crippen molar-refractivity contribution in [3.8, 4) is 11.1 Å². The van der Waals surface area contributed by atoms with Gasteiger partial charge >= 0.3 is 6.03 Å². The predicted molar refractivity (Wildman–Crippen MR) is 121 cm³/mol. The van der Waals surface area contributed by atoms with E-state index < -0.39 is 6.03 Å². The average Bonchev–Trinajstić information content (AvgIpc) is 3.28. The SMILES string of the molecule is NC(=O)N1Cc2ccc(-c3ccc(C(=O)N4CCN(c5cccnn5)CC4)cc3)cc2C1. The Morgan fingerprint density at radius 3 is 2.22 bits per heavy atom. The summed E-state index contributed by atoms with van der Waals surface area (Å²) < 4.78 is 0. The number of amides is 3. The van der Waals surface area contributed by atoms with E-state index in [4.69, 9.17) is 5.73 Å². The molecule has 1 saturated heterocycles. The predicted octanol–water partition coefficient (Wildman–Crippen LogP) is 2.50. The number of primary amides is 1. The van der Waals surface area contributed by atoms with Gasteiger partial charge in [0, 0.05) is 51.0 Å². The maximum atomic E-state index is 13.0. The lowest BCUT2D eigenvalue weighted by Crippen LogP contribution is -2.49. The largest absolute Gasteiger partial charge is 0.352 e. The van der Waals surface area contributed by atoms with Crippen LogP contribution in [0.4, 0.5) is 10.6 Å². The molecular formula is C24H24N6O2. The monoisotopic (exact) mass is 428 g/mol. The molecule has 2 aliphatic heterocycles. The van der Waals surface area contributed by atoms with Gasteiger partial charge in [0.05, 0.1) is 0 Å². The van der Waals surface area contributed by atoms with Crippen molar-refractivity contribution < 1.29 is 9.59 Å². The first kappa shape index (κ1) is 20.0. The summed E-state index contributed by atoms with van der Waals surface area (Å²) in [5.74, 6) is 0.888. The van der Waals surface area contributed by atoms with Crippen LogP contribution in [0.2, 0.25) is 0 Å². The normalized spacial score (nSPS) is 15.6. The topological polar surface area (TPSA) is 95.7 Å². The summed E-state index contributed by atoms with van der Waals surface area (Å²) in [6.45, 7) is 3.87. The van der Waals surface area contributed by atoms with E-state index >= 15 is 0 Å². The molecule has 162 valence electrons. The van der Waals surface area contributed by atoms with Gasteiger partial charge in [-0.05, 0) is 52.6 Å². The number of carbonyl (C=O) groups excluding carboxylic acids is 2. The van der Waals surface area contributed by atoms with Crippen LogP contribution in [0.3, 0.4) is 0 Å². The fourth-order valence-corrected chi connectivity index (χ4v) is 4.32. The first-order valence-electron chi connectivity index (χ1n) is 10.7. The van der Waals surface area contributed by atoms with E-state index in [2.05, 4.69) is 21.2 Å². The Labute approximate surface area is 186 Å². The van der Waals surface area contributed by atoms with E-state index in [1.165, 1.54) is 0 Å². The Morgan fingerprint density at radius 2 is 1.53 bits per heavy atom. The number of hydrogen-bond acceptors (Lipinski definition) is 5. The molecule has 0 saturated carbocycles. The maximum absolute atomic E-state index is 13.0. The fraction of sp³-hybridized carbons (Fsp3) is 0.250. The number of benzene rings is 2. The van der Waals surface area contributed by atoms with E-state index in [0.717, 1.165) is 41.2 Å². The van der Waals surface area contributed by atoms with Gasteiger partial charge in [-0.2, -0.15) is 5.10 Å². The van der Waals surface area contributed by atoms with Gasteiger partial charge in [-0.3, -0.25) is 4.79 Å². The number of aromatic nitrogens is 2. The van der Waals surface area contributed by atoms with Crippen molar-refractivity contribution in [2.45, 2.75) is 13.1 Å². The standard InChI is InChI=1S/C24H24N6O2/c25-24(32)30-15-20-8-7-19(14-21(20)16-30)17-3-5-18(6-4-17)23(31)29-12-10-28(11-13-29)22-2-1-9-26-27-22/h1-9,14H,10-13,15-16H2,(H2,25,32). The Kier molecular flexibility index (Phi) is 5.18. The summed E-state index contributed by atoms with van der Waals surface area (Å²) in [6, 6.07) is 17.3. The van der Waals surface area contributed by atoms with E-state index in [1.54, 1.807) is 11.1 Å². The number of fused-ring (bicyclic) bond motifs is 1. The number of rotatable bonds is 3. The molecule has 8 heteroatoms. The molecule has 3 aromatic rings. The third-order valence-electron chi connectivity index (χ3n) is 6.15. The van der Waals surface area contributed by atoms with Crippen molar-refractivity contribution in [2.75, 3.05) is 31.1 Å². The van der Waals surface area contributed by atoms with E-state index in [0.29, 0.717) is 31.7 Å². The Morgan fingerprint density at radius 1 is 0.812 bits per heavy atom.